The highest BCUT2D eigenvalue weighted by Crippen LogP contribution is 2.30. The Balaban J connectivity index is 2.31. The molecule has 3 heteroatoms. The molecule has 2 aromatic carbocycles. The first-order valence-electron chi connectivity index (χ1n) is 5.71. The molecule has 0 radical (unpaired) electrons. The molecule has 0 bridgehead atoms. The van der Waals surface area contributed by atoms with Crippen molar-refractivity contribution in [1.82, 2.24) is 0 Å². The van der Waals surface area contributed by atoms with Gasteiger partial charge in [0.25, 0.3) is 0 Å². The molecule has 2 rings (SSSR count). The summed E-state index contributed by atoms with van der Waals surface area (Å²) in [6.45, 7) is 0. The van der Waals surface area contributed by atoms with E-state index in [9.17, 15) is 5.11 Å². The van der Waals surface area contributed by atoms with Crippen molar-refractivity contribution in [2.45, 2.75) is 11.0 Å². The molecule has 0 aliphatic carbocycles. The van der Waals surface area contributed by atoms with Crippen LogP contribution in [-0.4, -0.2) is 18.5 Å². The quantitative estimate of drug-likeness (QED) is 0.853. The molecule has 1 N–H and O–H groups in total. The number of ether oxygens (including phenoxy) is 1. The van der Waals surface area contributed by atoms with E-state index in [4.69, 9.17) is 4.74 Å². The van der Waals surface area contributed by atoms with Gasteiger partial charge in [-0.15, -0.1) is 11.8 Å². The Morgan fingerprint density at radius 1 is 1.06 bits per heavy atom. The van der Waals surface area contributed by atoms with E-state index in [-0.39, 0.29) is 0 Å². The summed E-state index contributed by atoms with van der Waals surface area (Å²) in [4.78, 5) is 1.19. The van der Waals surface area contributed by atoms with Crippen molar-refractivity contribution >= 4 is 11.8 Å². The van der Waals surface area contributed by atoms with E-state index in [0.717, 1.165) is 11.1 Å². The van der Waals surface area contributed by atoms with E-state index in [0.29, 0.717) is 5.75 Å². The van der Waals surface area contributed by atoms with Crippen molar-refractivity contribution in [2.75, 3.05) is 13.4 Å². The summed E-state index contributed by atoms with van der Waals surface area (Å²) in [7, 11) is 1.61. The lowest BCUT2D eigenvalue weighted by Crippen LogP contribution is -2.02. The second kappa shape index (κ2) is 5.94. The summed E-state index contributed by atoms with van der Waals surface area (Å²) in [5.74, 6) is 0.707. The molecule has 2 aromatic rings. The van der Waals surface area contributed by atoms with Gasteiger partial charge in [0.05, 0.1) is 7.11 Å². The lowest BCUT2D eigenvalue weighted by Gasteiger charge is -2.15. The lowest BCUT2D eigenvalue weighted by molar-refractivity contribution is 0.214. The largest absolute Gasteiger partial charge is 0.496 e. The Morgan fingerprint density at radius 3 is 2.33 bits per heavy atom. The Kier molecular flexibility index (Phi) is 4.28. The minimum atomic E-state index is -0.656. The number of aliphatic hydroxyl groups is 1. The van der Waals surface area contributed by atoms with E-state index in [1.165, 1.54) is 4.90 Å². The molecular weight excluding hydrogens is 244 g/mol. The van der Waals surface area contributed by atoms with E-state index >= 15 is 0 Å². The van der Waals surface area contributed by atoms with Gasteiger partial charge in [-0.2, -0.15) is 0 Å². The summed E-state index contributed by atoms with van der Waals surface area (Å²) < 4.78 is 5.27. The van der Waals surface area contributed by atoms with E-state index < -0.39 is 6.10 Å². The minimum Gasteiger partial charge on any atom is -0.496 e. The molecule has 0 heterocycles. The SMILES string of the molecule is COc1ccccc1C(O)c1ccc(SC)cc1. The summed E-state index contributed by atoms with van der Waals surface area (Å²) in [5, 5.41) is 10.4. The molecule has 18 heavy (non-hydrogen) atoms. The molecular formula is C15H16O2S. The van der Waals surface area contributed by atoms with Crippen LogP contribution in [0.1, 0.15) is 17.2 Å². The number of rotatable bonds is 4. The van der Waals surface area contributed by atoms with Crippen molar-refractivity contribution in [2.24, 2.45) is 0 Å². The van der Waals surface area contributed by atoms with Crippen molar-refractivity contribution in [3.63, 3.8) is 0 Å². The minimum absolute atomic E-state index is 0.656. The van der Waals surface area contributed by atoms with Crippen LogP contribution in [0.4, 0.5) is 0 Å². The van der Waals surface area contributed by atoms with Crippen LogP contribution in [0.25, 0.3) is 0 Å². The molecule has 1 unspecified atom stereocenters. The average Bonchev–Trinajstić information content (AvgIpc) is 2.46. The predicted molar refractivity (Wildman–Crippen MR) is 75.3 cm³/mol. The van der Waals surface area contributed by atoms with E-state index in [1.54, 1.807) is 18.9 Å². The highest BCUT2D eigenvalue weighted by Gasteiger charge is 2.14. The summed E-state index contributed by atoms with van der Waals surface area (Å²) in [5.41, 5.74) is 1.66. The van der Waals surface area contributed by atoms with Crippen LogP contribution in [0.15, 0.2) is 53.4 Å². The molecule has 0 saturated carbocycles. The molecule has 2 nitrogen and oxygen atoms in total. The number of methoxy groups -OCH3 is 1. The molecule has 1 atom stereocenters. The number of para-hydroxylation sites is 1. The van der Waals surface area contributed by atoms with Crippen molar-refractivity contribution in [3.05, 3.63) is 59.7 Å². The van der Waals surface area contributed by atoms with Crippen LogP contribution in [0.3, 0.4) is 0 Å². The van der Waals surface area contributed by atoms with Gasteiger partial charge in [0.15, 0.2) is 0 Å². The third-order valence-electron chi connectivity index (χ3n) is 2.87. The van der Waals surface area contributed by atoms with Crippen molar-refractivity contribution < 1.29 is 9.84 Å². The first-order valence-corrected chi connectivity index (χ1v) is 6.93. The Morgan fingerprint density at radius 2 is 1.72 bits per heavy atom. The summed E-state index contributed by atoms with van der Waals surface area (Å²) >= 11 is 1.69. The zero-order valence-electron chi connectivity index (χ0n) is 10.5. The third kappa shape index (κ3) is 2.68. The van der Waals surface area contributed by atoms with Crippen LogP contribution in [-0.2, 0) is 0 Å². The van der Waals surface area contributed by atoms with Crippen LogP contribution in [0, 0.1) is 0 Å². The molecule has 0 spiro atoms. The molecule has 0 fully saturated rings. The normalized spacial score (nSPS) is 12.2. The number of aliphatic hydroxyl groups excluding tert-OH is 1. The van der Waals surface area contributed by atoms with Gasteiger partial charge in [-0.3, -0.25) is 0 Å². The molecule has 94 valence electrons. The maximum atomic E-state index is 10.4. The number of hydrogen-bond donors (Lipinski definition) is 1. The summed E-state index contributed by atoms with van der Waals surface area (Å²) in [6.07, 6.45) is 1.38. The van der Waals surface area contributed by atoms with Gasteiger partial charge in [-0.05, 0) is 30.0 Å². The van der Waals surface area contributed by atoms with Crippen molar-refractivity contribution in [1.29, 1.82) is 0 Å². The van der Waals surface area contributed by atoms with Crippen LogP contribution in [0.5, 0.6) is 5.75 Å². The fourth-order valence-corrected chi connectivity index (χ4v) is 2.27. The fraction of sp³-hybridized carbons (Fsp3) is 0.200. The average molecular weight is 260 g/mol. The van der Waals surface area contributed by atoms with Gasteiger partial charge < -0.3 is 9.84 Å². The highest BCUT2D eigenvalue weighted by molar-refractivity contribution is 7.98. The Hall–Kier alpha value is -1.45. The first kappa shape index (κ1) is 13.0. The zero-order chi connectivity index (χ0) is 13.0. The van der Waals surface area contributed by atoms with Gasteiger partial charge in [-0.25, -0.2) is 0 Å². The van der Waals surface area contributed by atoms with Crippen LogP contribution in [0.2, 0.25) is 0 Å². The Bertz CT molecular complexity index is 508. The summed E-state index contributed by atoms with van der Waals surface area (Å²) in [6, 6.07) is 15.5. The standard InChI is InChI=1S/C15H16O2S/c1-17-14-6-4-3-5-13(14)15(16)11-7-9-12(18-2)10-8-11/h3-10,15-16H,1-2H3. The number of benzene rings is 2. The van der Waals surface area contributed by atoms with E-state index in [1.807, 2.05) is 54.8 Å². The lowest BCUT2D eigenvalue weighted by atomic mass is 10.0. The molecule has 0 aliphatic heterocycles. The maximum absolute atomic E-state index is 10.4. The number of thioether (sulfide) groups is 1. The monoisotopic (exact) mass is 260 g/mol. The highest BCUT2D eigenvalue weighted by atomic mass is 32.2. The third-order valence-corrected chi connectivity index (χ3v) is 3.61. The van der Waals surface area contributed by atoms with Crippen molar-refractivity contribution in [3.8, 4) is 5.75 Å². The van der Waals surface area contributed by atoms with Gasteiger partial charge >= 0.3 is 0 Å². The maximum Gasteiger partial charge on any atom is 0.125 e. The fourth-order valence-electron chi connectivity index (χ4n) is 1.86. The molecule has 0 saturated heterocycles. The zero-order valence-corrected chi connectivity index (χ0v) is 11.3. The van der Waals surface area contributed by atoms with Gasteiger partial charge in [0, 0.05) is 10.5 Å². The second-order valence-corrected chi connectivity index (χ2v) is 4.80. The predicted octanol–water partition coefficient (Wildman–Crippen LogP) is 3.50. The van der Waals surface area contributed by atoms with Crippen LogP contribution >= 0.6 is 11.8 Å². The van der Waals surface area contributed by atoms with Crippen LogP contribution < -0.4 is 4.74 Å². The van der Waals surface area contributed by atoms with Gasteiger partial charge in [0.1, 0.15) is 11.9 Å². The topological polar surface area (TPSA) is 29.5 Å². The molecule has 0 aromatic heterocycles. The second-order valence-electron chi connectivity index (χ2n) is 3.92. The Labute approximate surface area is 112 Å². The van der Waals surface area contributed by atoms with Gasteiger partial charge in [-0.1, -0.05) is 30.3 Å². The molecule has 0 aliphatic rings. The first-order chi connectivity index (χ1) is 8.76. The van der Waals surface area contributed by atoms with E-state index in [2.05, 4.69) is 0 Å². The molecule has 0 amide bonds. The smallest absolute Gasteiger partial charge is 0.125 e. The number of hydrogen-bond acceptors (Lipinski definition) is 3. The van der Waals surface area contributed by atoms with Gasteiger partial charge in [0.2, 0.25) is 0 Å².